The zero-order valence-electron chi connectivity index (χ0n) is 13.2. The van der Waals surface area contributed by atoms with E-state index in [1.807, 2.05) is 13.8 Å². The summed E-state index contributed by atoms with van der Waals surface area (Å²) in [6.07, 6.45) is 0. The van der Waals surface area contributed by atoms with E-state index < -0.39 is 5.41 Å². The summed E-state index contributed by atoms with van der Waals surface area (Å²) < 4.78 is 10.2. The average molecular weight is 296 g/mol. The van der Waals surface area contributed by atoms with Gasteiger partial charge in [0.15, 0.2) is 11.5 Å². The summed E-state index contributed by atoms with van der Waals surface area (Å²) in [5.41, 5.74) is 0.397. The van der Waals surface area contributed by atoms with E-state index >= 15 is 0 Å². The predicted octanol–water partition coefficient (Wildman–Crippen LogP) is 1.27. The lowest BCUT2D eigenvalue weighted by Gasteiger charge is -2.23. The molecule has 0 aliphatic rings. The molecule has 0 radical (unpaired) electrons. The number of hydrogen-bond donors (Lipinski definition) is 3. The topological polar surface area (TPSA) is 79.8 Å². The molecule has 1 rings (SSSR count). The van der Waals surface area contributed by atoms with Gasteiger partial charge in [0.05, 0.1) is 19.6 Å². The molecule has 21 heavy (non-hydrogen) atoms. The number of benzene rings is 1. The van der Waals surface area contributed by atoms with Crippen molar-refractivity contribution >= 4 is 5.91 Å². The second-order valence-electron chi connectivity index (χ2n) is 5.42. The molecule has 0 fully saturated rings. The molecular formula is C15H24N2O4. The largest absolute Gasteiger partial charge is 0.502 e. The van der Waals surface area contributed by atoms with Crippen molar-refractivity contribution in [2.75, 3.05) is 27.8 Å². The number of amides is 1. The molecule has 0 aliphatic heterocycles. The zero-order chi connectivity index (χ0) is 16.0. The van der Waals surface area contributed by atoms with Crippen molar-refractivity contribution < 1.29 is 19.4 Å². The van der Waals surface area contributed by atoms with Gasteiger partial charge in [-0.25, -0.2) is 0 Å². The van der Waals surface area contributed by atoms with Gasteiger partial charge in [0.25, 0.3) is 0 Å². The molecule has 1 amide bonds. The van der Waals surface area contributed by atoms with E-state index in [-0.39, 0.29) is 11.7 Å². The maximum absolute atomic E-state index is 11.7. The van der Waals surface area contributed by atoms with Crippen molar-refractivity contribution in [2.45, 2.75) is 20.4 Å². The van der Waals surface area contributed by atoms with Crippen molar-refractivity contribution in [1.29, 1.82) is 0 Å². The maximum Gasteiger partial charge on any atom is 0.226 e. The minimum Gasteiger partial charge on any atom is -0.502 e. The summed E-state index contributed by atoms with van der Waals surface area (Å²) in [4.78, 5) is 11.7. The average Bonchev–Trinajstić information content (AvgIpc) is 2.47. The number of carbonyl (C=O) groups excluding carboxylic acids is 1. The molecule has 0 saturated heterocycles. The number of hydrogen-bond acceptors (Lipinski definition) is 5. The Labute approximate surface area is 125 Å². The van der Waals surface area contributed by atoms with Crippen LogP contribution in [0.3, 0.4) is 0 Å². The van der Waals surface area contributed by atoms with Gasteiger partial charge in [-0.1, -0.05) is 0 Å². The van der Waals surface area contributed by atoms with E-state index in [2.05, 4.69) is 10.6 Å². The van der Waals surface area contributed by atoms with Gasteiger partial charge in [0, 0.05) is 20.1 Å². The number of phenolic OH excluding ortho intramolecular Hbond substituents is 1. The Morgan fingerprint density at radius 3 is 2.19 bits per heavy atom. The number of aromatic hydroxyl groups is 1. The van der Waals surface area contributed by atoms with Gasteiger partial charge in [-0.3, -0.25) is 4.79 Å². The first-order valence-electron chi connectivity index (χ1n) is 6.72. The quantitative estimate of drug-likeness (QED) is 0.706. The molecule has 0 saturated carbocycles. The number of phenols is 1. The molecule has 6 nitrogen and oxygen atoms in total. The minimum atomic E-state index is -0.500. The molecule has 1 aromatic carbocycles. The van der Waals surface area contributed by atoms with Crippen molar-refractivity contribution in [3.05, 3.63) is 17.7 Å². The monoisotopic (exact) mass is 296 g/mol. The van der Waals surface area contributed by atoms with Gasteiger partial charge in [-0.2, -0.15) is 0 Å². The molecule has 1 aromatic rings. The Morgan fingerprint density at radius 2 is 1.76 bits per heavy atom. The predicted molar refractivity (Wildman–Crippen MR) is 80.8 cm³/mol. The summed E-state index contributed by atoms with van der Waals surface area (Å²) in [6, 6.07) is 3.47. The third-order valence-electron chi connectivity index (χ3n) is 3.28. The van der Waals surface area contributed by atoms with Crippen LogP contribution in [0.25, 0.3) is 0 Å². The number of rotatable bonds is 7. The van der Waals surface area contributed by atoms with E-state index in [4.69, 9.17) is 9.47 Å². The van der Waals surface area contributed by atoms with Crippen LogP contribution < -0.4 is 20.1 Å². The van der Waals surface area contributed by atoms with Crippen LogP contribution in [0.2, 0.25) is 0 Å². The normalized spacial score (nSPS) is 11.1. The second-order valence-corrected chi connectivity index (χ2v) is 5.42. The summed E-state index contributed by atoms with van der Waals surface area (Å²) in [6.45, 7) is 4.80. The van der Waals surface area contributed by atoms with Gasteiger partial charge >= 0.3 is 0 Å². The molecule has 0 aliphatic carbocycles. The maximum atomic E-state index is 11.7. The lowest BCUT2D eigenvalue weighted by Crippen LogP contribution is -2.41. The van der Waals surface area contributed by atoms with Gasteiger partial charge in [0.1, 0.15) is 0 Å². The van der Waals surface area contributed by atoms with Gasteiger partial charge < -0.3 is 25.2 Å². The fourth-order valence-corrected chi connectivity index (χ4v) is 1.99. The van der Waals surface area contributed by atoms with Crippen LogP contribution in [0.15, 0.2) is 12.1 Å². The molecular weight excluding hydrogens is 272 g/mol. The fourth-order valence-electron chi connectivity index (χ4n) is 1.99. The highest BCUT2D eigenvalue weighted by molar-refractivity contribution is 5.81. The van der Waals surface area contributed by atoms with Gasteiger partial charge in [0.2, 0.25) is 11.7 Å². The highest BCUT2D eigenvalue weighted by Crippen LogP contribution is 2.37. The minimum absolute atomic E-state index is 0.0177. The zero-order valence-corrected chi connectivity index (χ0v) is 13.2. The Hall–Kier alpha value is -1.95. The van der Waals surface area contributed by atoms with E-state index in [1.165, 1.54) is 14.2 Å². The summed E-state index contributed by atoms with van der Waals surface area (Å²) >= 11 is 0. The molecule has 0 atom stereocenters. The highest BCUT2D eigenvalue weighted by atomic mass is 16.5. The first-order chi connectivity index (χ1) is 9.85. The molecule has 3 N–H and O–H groups in total. The van der Waals surface area contributed by atoms with E-state index in [0.29, 0.717) is 24.6 Å². The smallest absolute Gasteiger partial charge is 0.226 e. The van der Waals surface area contributed by atoms with Crippen LogP contribution in [0, 0.1) is 5.41 Å². The van der Waals surface area contributed by atoms with Crippen LogP contribution in [-0.2, 0) is 11.3 Å². The number of methoxy groups -OCH3 is 2. The summed E-state index contributed by atoms with van der Waals surface area (Å²) in [5.74, 6) is 0.679. The van der Waals surface area contributed by atoms with Crippen LogP contribution >= 0.6 is 0 Å². The van der Waals surface area contributed by atoms with Crippen LogP contribution in [-0.4, -0.2) is 38.8 Å². The Balaban J connectivity index is 2.74. The van der Waals surface area contributed by atoms with Crippen molar-refractivity contribution in [3.8, 4) is 17.2 Å². The molecule has 0 spiro atoms. The summed E-state index contributed by atoms with van der Waals surface area (Å²) in [5, 5.41) is 15.7. The van der Waals surface area contributed by atoms with Gasteiger partial charge in [-0.15, -0.1) is 0 Å². The number of nitrogens with one attached hydrogen (secondary N) is 2. The standard InChI is InChI=1S/C15H24N2O4/c1-15(2,14(19)16-3)9-17-8-10-6-11(20-4)13(18)12(7-10)21-5/h6-7,17-18H,8-9H2,1-5H3,(H,16,19). The molecule has 0 aromatic heterocycles. The lowest BCUT2D eigenvalue weighted by molar-refractivity contribution is -0.128. The van der Waals surface area contributed by atoms with E-state index in [9.17, 15) is 9.90 Å². The molecule has 0 unspecified atom stereocenters. The summed E-state index contributed by atoms with van der Waals surface area (Å²) in [7, 11) is 4.60. The third-order valence-corrected chi connectivity index (χ3v) is 3.28. The van der Waals surface area contributed by atoms with Gasteiger partial charge in [-0.05, 0) is 31.5 Å². The number of carbonyl (C=O) groups is 1. The second kappa shape index (κ2) is 7.17. The van der Waals surface area contributed by atoms with Crippen LogP contribution in [0.1, 0.15) is 19.4 Å². The highest BCUT2D eigenvalue weighted by Gasteiger charge is 2.25. The van der Waals surface area contributed by atoms with Crippen LogP contribution in [0.4, 0.5) is 0 Å². The third kappa shape index (κ3) is 4.26. The molecule has 118 valence electrons. The Kier molecular flexibility index (Phi) is 5.84. The molecule has 0 bridgehead atoms. The van der Waals surface area contributed by atoms with Crippen molar-refractivity contribution in [2.24, 2.45) is 5.41 Å². The fraction of sp³-hybridized carbons (Fsp3) is 0.533. The van der Waals surface area contributed by atoms with E-state index in [0.717, 1.165) is 5.56 Å². The lowest BCUT2D eigenvalue weighted by atomic mass is 9.92. The first kappa shape index (κ1) is 17.1. The van der Waals surface area contributed by atoms with E-state index in [1.54, 1.807) is 19.2 Å². The van der Waals surface area contributed by atoms with Crippen molar-refractivity contribution in [3.63, 3.8) is 0 Å². The van der Waals surface area contributed by atoms with Crippen LogP contribution in [0.5, 0.6) is 17.2 Å². The molecule has 0 heterocycles. The van der Waals surface area contributed by atoms with Crippen molar-refractivity contribution in [1.82, 2.24) is 10.6 Å². The Morgan fingerprint density at radius 1 is 1.24 bits per heavy atom. The first-order valence-corrected chi connectivity index (χ1v) is 6.72. The Bertz CT molecular complexity index is 475. The SMILES string of the molecule is CNC(=O)C(C)(C)CNCc1cc(OC)c(O)c(OC)c1. The molecule has 6 heteroatoms. The number of ether oxygens (including phenoxy) is 2.